The number of hydrogen-bond donors (Lipinski definition) is 2. The standard InChI is InChI=1S/C18H18N4O4/c1-13(21-25-17(23)19-15-9-5-3-6-10-15)14(2)22-26-18(24)20-16-11-7-4-8-12-16/h3-12H,1-2H3,(H,19,23)(H,20,24)/b21-13+,22-14+. The number of carbonyl (C=O) groups is 2. The molecule has 0 aliphatic heterocycles. The van der Waals surface area contributed by atoms with E-state index in [0.717, 1.165) is 0 Å². The first kappa shape index (κ1) is 18.7. The van der Waals surface area contributed by atoms with Crippen molar-refractivity contribution in [2.75, 3.05) is 10.6 Å². The maximum Gasteiger partial charge on any atom is 0.437 e. The fourth-order valence-electron chi connectivity index (χ4n) is 1.68. The predicted octanol–water partition coefficient (Wildman–Crippen LogP) is 4.24. The van der Waals surface area contributed by atoms with Crippen LogP contribution in [0.25, 0.3) is 0 Å². The maximum absolute atomic E-state index is 11.6. The van der Waals surface area contributed by atoms with Crippen molar-refractivity contribution < 1.29 is 19.3 Å². The van der Waals surface area contributed by atoms with Crippen molar-refractivity contribution in [3.8, 4) is 0 Å². The Hall–Kier alpha value is -3.68. The molecule has 134 valence electrons. The van der Waals surface area contributed by atoms with Crippen LogP contribution in [0.3, 0.4) is 0 Å². The molecule has 2 N–H and O–H groups in total. The Morgan fingerprint density at radius 2 is 1.04 bits per heavy atom. The number of anilines is 2. The van der Waals surface area contributed by atoms with Gasteiger partial charge in [-0.1, -0.05) is 46.7 Å². The van der Waals surface area contributed by atoms with Gasteiger partial charge in [0, 0.05) is 11.4 Å². The smallest absolute Gasteiger partial charge is 0.297 e. The first-order valence-electron chi connectivity index (χ1n) is 7.70. The number of amides is 2. The lowest BCUT2D eigenvalue weighted by molar-refractivity contribution is 0.164. The van der Waals surface area contributed by atoms with E-state index in [1.54, 1.807) is 62.4 Å². The molecule has 0 aromatic heterocycles. The van der Waals surface area contributed by atoms with Gasteiger partial charge in [-0.05, 0) is 38.1 Å². The topological polar surface area (TPSA) is 101 Å². The van der Waals surface area contributed by atoms with Gasteiger partial charge in [0.2, 0.25) is 0 Å². The summed E-state index contributed by atoms with van der Waals surface area (Å²) in [6.07, 6.45) is -1.49. The van der Waals surface area contributed by atoms with Gasteiger partial charge in [-0.3, -0.25) is 20.3 Å². The summed E-state index contributed by atoms with van der Waals surface area (Å²) in [4.78, 5) is 32.7. The molecule has 0 bridgehead atoms. The van der Waals surface area contributed by atoms with Gasteiger partial charge < -0.3 is 0 Å². The van der Waals surface area contributed by atoms with E-state index >= 15 is 0 Å². The number of nitrogens with zero attached hydrogens (tertiary/aromatic N) is 2. The minimum absolute atomic E-state index is 0.278. The van der Waals surface area contributed by atoms with Crippen LogP contribution in [-0.2, 0) is 9.68 Å². The van der Waals surface area contributed by atoms with Gasteiger partial charge in [-0.15, -0.1) is 0 Å². The van der Waals surface area contributed by atoms with Gasteiger partial charge in [-0.2, -0.15) is 0 Å². The number of para-hydroxylation sites is 2. The van der Waals surface area contributed by atoms with E-state index in [4.69, 9.17) is 9.68 Å². The number of oxime groups is 2. The largest absolute Gasteiger partial charge is 0.437 e. The minimum Gasteiger partial charge on any atom is -0.297 e. The van der Waals surface area contributed by atoms with E-state index in [1.807, 2.05) is 12.1 Å². The van der Waals surface area contributed by atoms with Crippen LogP contribution in [0.15, 0.2) is 71.0 Å². The number of nitrogens with one attached hydrogen (secondary N) is 2. The molecule has 0 aliphatic rings. The monoisotopic (exact) mass is 354 g/mol. The number of rotatable bonds is 5. The lowest BCUT2D eigenvalue weighted by Gasteiger charge is -2.04. The second-order valence-electron chi connectivity index (χ2n) is 5.09. The molecule has 8 heteroatoms. The Balaban J connectivity index is 1.82. The molecule has 2 aromatic carbocycles. The van der Waals surface area contributed by atoms with E-state index in [-0.39, 0.29) is 11.4 Å². The van der Waals surface area contributed by atoms with Gasteiger partial charge >= 0.3 is 12.2 Å². The molecule has 0 fully saturated rings. The summed E-state index contributed by atoms with van der Waals surface area (Å²) < 4.78 is 0. The molecule has 26 heavy (non-hydrogen) atoms. The fraction of sp³-hybridized carbons (Fsp3) is 0.111. The molecule has 2 amide bonds. The van der Waals surface area contributed by atoms with Crippen LogP contribution in [-0.4, -0.2) is 23.6 Å². The molecule has 0 saturated heterocycles. The highest BCUT2D eigenvalue weighted by atomic mass is 16.7. The van der Waals surface area contributed by atoms with E-state index in [2.05, 4.69) is 20.9 Å². The zero-order valence-electron chi connectivity index (χ0n) is 14.3. The van der Waals surface area contributed by atoms with E-state index < -0.39 is 12.2 Å². The Kier molecular flexibility index (Phi) is 6.87. The lowest BCUT2D eigenvalue weighted by atomic mass is 10.3. The van der Waals surface area contributed by atoms with Crippen molar-refractivity contribution in [2.24, 2.45) is 10.3 Å². The van der Waals surface area contributed by atoms with Crippen LogP contribution in [0.4, 0.5) is 21.0 Å². The molecule has 0 aliphatic carbocycles. The van der Waals surface area contributed by atoms with Crippen LogP contribution < -0.4 is 10.6 Å². The SMILES string of the molecule is CC(=N\OC(=O)Nc1ccccc1)/C(C)=N/OC(=O)Nc1ccccc1. The summed E-state index contributed by atoms with van der Waals surface area (Å²) in [5, 5.41) is 12.3. The van der Waals surface area contributed by atoms with Crippen LogP contribution >= 0.6 is 0 Å². The highest BCUT2D eigenvalue weighted by molar-refractivity contribution is 6.40. The Morgan fingerprint density at radius 1 is 0.692 bits per heavy atom. The average molecular weight is 354 g/mol. The fourth-order valence-corrected chi connectivity index (χ4v) is 1.68. The van der Waals surface area contributed by atoms with E-state index in [1.165, 1.54) is 0 Å². The second-order valence-corrected chi connectivity index (χ2v) is 5.09. The van der Waals surface area contributed by atoms with E-state index in [0.29, 0.717) is 11.4 Å². The van der Waals surface area contributed by atoms with Crippen molar-refractivity contribution in [1.82, 2.24) is 0 Å². The third kappa shape index (κ3) is 6.44. The lowest BCUT2D eigenvalue weighted by Crippen LogP contribution is -2.15. The summed E-state index contributed by atoms with van der Waals surface area (Å²) in [5.41, 5.74) is 1.72. The van der Waals surface area contributed by atoms with Gasteiger partial charge in [-0.25, -0.2) is 9.59 Å². The zero-order valence-corrected chi connectivity index (χ0v) is 14.3. The second kappa shape index (κ2) is 9.58. The van der Waals surface area contributed by atoms with Gasteiger partial charge in [0.05, 0.1) is 0 Å². The maximum atomic E-state index is 11.6. The number of carbonyl (C=O) groups excluding carboxylic acids is 2. The third-order valence-electron chi connectivity index (χ3n) is 3.09. The van der Waals surface area contributed by atoms with Crippen molar-refractivity contribution >= 4 is 35.0 Å². The normalized spacial score (nSPS) is 11.5. The quantitative estimate of drug-likeness (QED) is 0.476. The van der Waals surface area contributed by atoms with Crippen LogP contribution in [0, 0.1) is 0 Å². The van der Waals surface area contributed by atoms with E-state index in [9.17, 15) is 9.59 Å². The molecule has 0 atom stereocenters. The molecule has 0 heterocycles. The van der Waals surface area contributed by atoms with Gasteiger partial charge in [0.15, 0.2) is 0 Å². The molecule has 2 rings (SSSR count). The summed E-state index contributed by atoms with van der Waals surface area (Å²) in [6.45, 7) is 3.13. The molecule has 8 nitrogen and oxygen atoms in total. The van der Waals surface area contributed by atoms with Crippen molar-refractivity contribution in [2.45, 2.75) is 13.8 Å². The van der Waals surface area contributed by atoms with Gasteiger partial charge in [0.25, 0.3) is 0 Å². The summed E-state index contributed by atoms with van der Waals surface area (Å²) in [7, 11) is 0. The first-order valence-corrected chi connectivity index (χ1v) is 7.70. The highest BCUT2D eigenvalue weighted by Gasteiger charge is 2.06. The summed E-state index contributed by atoms with van der Waals surface area (Å²) >= 11 is 0. The van der Waals surface area contributed by atoms with Crippen molar-refractivity contribution in [1.29, 1.82) is 0 Å². The molecule has 0 spiro atoms. The molecule has 0 unspecified atom stereocenters. The molecule has 0 radical (unpaired) electrons. The average Bonchev–Trinajstić information content (AvgIpc) is 2.65. The number of hydrogen-bond acceptors (Lipinski definition) is 6. The Labute approximate surface area is 150 Å². The van der Waals surface area contributed by atoms with Gasteiger partial charge in [0.1, 0.15) is 11.4 Å². The third-order valence-corrected chi connectivity index (χ3v) is 3.09. The summed E-state index contributed by atoms with van der Waals surface area (Å²) in [6, 6.07) is 17.6. The van der Waals surface area contributed by atoms with Crippen LogP contribution in [0.5, 0.6) is 0 Å². The molecule has 2 aromatic rings. The predicted molar refractivity (Wildman–Crippen MR) is 99.3 cm³/mol. The van der Waals surface area contributed by atoms with Crippen molar-refractivity contribution in [3.05, 3.63) is 60.7 Å². The van der Waals surface area contributed by atoms with Crippen LogP contribution in [0.2, 0.25) is 0 Å². The first-order chi connectivity index (χ1) is 12.5. The molecular formula is C18H18N4O4. The molecular weight excluding hydrogens is 336 g/mol. The molecule has 0 saturated carbocycles. The number of benzene rings is 2. The Bertz CT molecular complexity index is 735. The summed E-state index contributed by atoms with van der Waals surface area (Å²) in [5.74, 6) is 0. The van der Waals surface area contributed by atoms with Crippen LogP contribution in [0.1, 0.15) is 13.8 Å². The van der Waals surface area contributed by atoms with Crippen molar-refractivity contribution in [3.63, 3.8) is 0 Å². The zero-order chi connectivity index (χ0) is 18.8. The Morgan fingerprint density at radius 3 is 1.38 bits per heavy atom. The highest BCUT2D eigenvalue weighted by Crippen LogP contribution is 2.06. The minimum atomic E-state index is -0.744.